The second-order valence-corrected chi connectivity index (χ2v) is 31.3. The highest BCUT2D eigenvalue weighted by molar-refractivity contribution is 7.84. The maximum Gasteiger partial charge on any atom is 0.397 e. The molecule has 0 radical (unpaired) electrons. The van der Waals surface area contributed by atoms with Gasteiger partial charge in [0.25, 0.3) is 0 Å². The largest absolute Gasteiger partial charge is 0.735 e. The molecule has 0 amide bonds. The minimum absolute atomic E-state index is 0. The molecule has 0 aromatic rings. The molecular weight excluding hydrogens is 1790 g/mol. The Labute approximate surface area is 634 Å². The molecule has 5 saturated heterocycles. The third kappa shape index (κ3) is 32.8. The number of carboxylic acids is 3. The standard InChI is InChI=1S/C36H57N3O57S9.8H3N/c40-5-1-6(28(46)47)84-34(18(5)94-103(71,72)73)87-20-8(3-81-101(65,66)67)85-32(11(14(20)42)38-98(56,57)58)90-23-17(45)25(96-105(77,78)79)36(93-27(23)30(50)51)89-21-9(4-82-102(68,69)70)86-33(12(15(21)43)39-99(59,60)61)91-22-16(44)24(95-104(74,75)76)35(92-26(22)29(48)49)88-19-7(2-80-100(62,63)64)83-31(52)10(13(19)41)37-97(53,54)55;;;;;;;;/h1,5,7-27,31-45,52H,2-4H2,(H,46,47)(H,48,49)(H,50,51)(H,53,54,55)(H,56,57,58)(H,59,60,61)(H,62,63,64)(H,65,66,67)(H,68,69,70)(H,71,72,73)(H,74,75,76)(H,77,78,79);8*1H3/p-4. The normalized spacial score (nSPS) is 35.4. The van der Waals surface area contributed by atoms with Gasteiger partial charge >= 0.3 is 83.0 Å². The fourth-order valence-corrected chi connectivity index (χ4v) is 14.3. The van der Waals surface area contributed by atoms with E-state index in [1.807, 2.05) is 0 Å². The first-order valence-electron chi connectivity index (χ1n) is 26.9. The topological polar surface area (TPSA) is 1230 Å². The first-order valence-corrected chi connectivity index (χ1v) is 39.4. The van der Waals surface area contributed by atoms with Crippen LogP contribution in [0, 0.1) is 0 Å². The Balaban J connectivity index is -0.0000151. The second kappa shape index (κ2) is 42.6. The number of hydrogen-bond donors (Lipinski definition) is 26. The summed E-state index contributed by atoms with van der Waals surface area (Å²) >= 11 is 0. The quantitative estimate of drug-likeness (QED) is 0.0266. The van der Waals surface area contributed by atoms with E-state index >= 15 is 0 Å². The summed E-state index contributed by atoms with van der Waals surface area (Å²) in [5, 5.41) is 117. The van der Waals surface area contributed by atoms with Crippen molar-refractivity contribution in [3.8, 4) is 0 Å². The van der Waals surface area contributed by atoms with E-state index in [0.717, 1.165) is 14.2 Å². The molecule has 0 aromatic carbocycles. The van der Waals surface area contributed by atoms with Gasteiger partial charge in [0.2, 0.25) is 6.29 Å². The number of ether oxygens (including phenoxy) is 11. The summed E-state index contributed by atoms with van der Waals surface area (Å²) in [7, 11) is -53.8. The van der Waals surface area contributed by atoms with Gasteiger partial charge in [-0.25, -0.2) is 38.2 Å². The van der Waals surface area contributed by atoms with Crippen LogP contribution in [-0.4, -0.2) is 362 Å². The fourth-order valence-electron chi connectivity index (χ4n) is 10.2. The van der Waals surface area contributed by atoms with Gasteiger partial charge in [-0.05, 0) is 6.08 Å². The van der Waals surface area contributed by atoms with Gasteiger partial charge in [-0.15, -0.1) is 0 Å². The molecule has 5 fully saturated rings. The Morgan fingerprint density at radius 2 is 0.655 bits per heavy atom. The van der Waals surface area contributed by atoms with E-state index in [1.54, 1.807) is 0 Å². The first-order chi connectivity index (χ1) is 47.5. The van der Waals surface area contributed by atoms with Gasteiger partial charge in [-0.1, -0.05) is 0 Å². The Morgan fingerprint density at radius 3 is 0.938 bits per heavy atom. The third-order valence-electron chi connectivity index (χ3n) is 14.1. The molecule has 0 bridgehead atoms. The van der Waals surface area contributed by atoms with Crippen molar-refractivity contribution in [3.05, 3.63) is 11.8 Å². The Hall–Kier alpha value is -4.22. The summed E-state index contributed by atoms with van der Waals surface area (Å²) in [4.78, 5) is 37.6. The summed E-state index contributed by atoms with van der Waals surface area (Å²) in [6, 6.07) is -8.93. The van der Waals surface area contributed by atoms with E-state index in [0.29, 0.717) is 0 Å². The minimum atomic E-state index is -6.36. The molecule has 28 atom stereocenters. The molecule has 77 heteroatoms. The lowest BCUT2D eigenvalue weighted by molar-refractivity contribution is -0.389. The molecule has 0 aliphatic carbocycles. The van der Waals surface area contributed by atoms with Gasteiger partial charge in [-0.3, -0.25) is 36.4 Å². The maximum absolute atomic E-state index is 13.0. The molecule has 28 unspecified atom stereocenters. The average Bonchev–Trinajstić information content (AvgIpc) is 0.759. The van der Waals surface area contributed by atoms with Crippen LogP contribution in [0.3, 0.4) is 0 Å². The van der Waals surface area contributed by atoms with E-state index in [-0.39, 0.29) is 55.3 Å². The molecule has 0 spiro atoms. The predicted octanol–water partition coefficient (Wildman–Crippen LogP) is -18.6. The van der Waals surface area contributed by atoms with Crippen LogP contribution in [0.4, 0.5) is 0 Å². The van der Waals surface area contributed by atoms with Gasteiger partial charge in [-0.2, -0.15) is 76.8 Å². The van der Waals surface area contributed by atoms with Crippen molar-refractivity contribution in [2.24, 2.45) is 0 Å². The van der Waals surface area contributed by atoms with Gasteiger partial charge in [0.1, 0.15) is 128 Å². The number of nitrogens with one attached hydrogen (secondary N) is 3. The third-order valence-corrected chi connectivity index (χ3v) is 18.5. The highest BCUT2D eigenvalue weighted by atomic mass is 32.3. The Morgan fingerprint density at radius 1 is 0.363 bits per heavy atom. The van der Waals surface area contributed by atoms with Crippen molar-refractivity contribution in [2.75, 3.05) is 19.8 Å². The average molecular weight is 1860 g/mol. The van der Waals surface area contributed by atoms with Crippen LogP contribution in [-0.2, 0) is 185 Å². The van der Waals surface area contributed by atoms with Gasteiger partial charge in [0.05, 0.1) is 31.8 Å². The number of carboxylic acid groups (broad SMARTS) is 3. The van der Waals surface area contributed by atoms with E-state index in [9.17, 15) is 178 Å². The van der Waals surface area contributed by atoms with Crippen LogP contribution in [0.5, 0.6) is 0 Å². The zero-order valence-corrected chi connectivity index (χ0v) is 62.9. The predicted molar refractivity (Wildman–Crippen MR) is 329 cm³/mol. The van der Waals surface area contributed by atoms with Crippen LogP contribution >= 0.6 is 0 Å². The fraction of sp³-hybridized carbons (Fsp3) is 0.861. The Kier molecular flexibility index (Phi) is 42.6. The Bertz CT molecular complexity index is 4250. The van der Waals surface area contributed by atoms with Crippen molar-refractivity contribution in [3.63, 3.8) is 0 Å². The molecule has 42 N–H and O–H groups in total. The van der Waals surface area contributed by atoms with E-state index in [4.69, 9.17) is 56.7 Å². The van der Waals surface area contributed by atoms with Crippen molar-refractivity contribution in [1.82, 2.24) is 63.4 Å². The number of aliphatic hydroxyl groups excluding tert-OH is 7. The maximum atomic E-state index is 13.0. The van der Waals surface area contributed by atoms with Crippen molar-refractivity contribution in [1.29, 1.82) is 0 Å². The summed E-state index contributed by atoms with van der Waals surface area (Å²) in [5.74, 6) is -9.56. The lowest BCUT2D eigenvalue weighted by Crippen LogP contribution is -2.72. The minimum Gasteiger partial charge on any atom is -0.735 e. The van der Waals surface area contributed by atoms with Crippen LogP contribution in [0.1, 0.15) is 0 Å². The number of carbonyl (C=O) groups is 3. The number of aliphatic carboxylic acids is 3. The molecule has 6 heterocycles. The smallest absolute Gasteiger partial charge is 0.397 e. The number of rotatable bonds is 34. The molecule has 6 rings (SSSR count). The van der Waals surface area contributed by atoms with Crippen molar-refractivity contribution >= 4 is 111 Å². The lowest BCUT2D eigenvalue weighted by Gasteiger charge is -2.51. The highest BCUT2D eigenvalue weighted by Crippen LogP contribution is 2.39. The molecule has 6 aliphatic heterocycles. The van der Waals surface area contributed by atoms with E-state index in [2.05, 4.69) is 25.1 Å². The molecular formula is C36H77N11O57S9-4. The van der Waals surface area contributed by atoms with E-state index < -0.39 is 309 Å². The monoisotopic (exact) mass is 1860 g/mol. The first kappa shape index (κ1) is 113. The lowest BCUT2D eigenvalue weighted by atomic mass is 9.94. The van der Waals surface area contributed by atoms with Crippen molar-refractivity contribution < 1.29 is 259 Å². The summed E-state index contributed by atoms with van der Waals surface area (Å²) in [6.45, 7) is -5.64. The number of hydrogen-bond acceptors (Lipinski definition) is 57. The van der Waals surface area contributed by atoms with Crippen LogP contribution in [0.2, 0.25) is 0 Å². The highest BCUT2D eigenvalue weighted by Gasteiger charge is 2.61. The van der Waals surface area contributed by atoms with Gasteiger partial charge in [0, 0.05) is 0 Å². The van der Waals surface area contributed by atoms with Gasteiger partial charge in [0.15, 0.2) is 60.1 Å². The molecule has 676 valence electrons. The second-order valence-electron chi connectivity index (χ2n) is 21.3. The molecule has 6 aliphatic rings. The van der Waals surface area contributed by atoms with Crippen LogP contribution in [0.15, 0.2) is 11.8 Å². The molecule has 0 saturated carbocycles. The van der Waals surface area contributed by atoms with Crippen molar-refractivity contribution in [2.45, 2.75) is 172 Å². The van der Waals surface area contributed by atoms with E-state index in [1.165, 1.54) is 0 Å². The summed E-state index contributed by atoms with van der Waals surface area (Å²) in [6.07, 6.45) is -77.4. The zero-order valence-electron chi connectivity index (χ0n) is 55.6. The summed E-state index contributed by atoms with van der Waals surface area (Å²) in [5.41, 5.74) is 0. The van der Waals surface area contributed by atoms with Gasteiger partial charge < -0.3 is 171 Å². The molecule has 68 nitrogen and oxygen atoms in total. The zero-order chi connectivity index (χ0) is 79.9. The SMILES string of the molecule is N.N.N.N.N.N.N.N.O=C([O-])C1=CC(O)C(OS(=O)(=O)O)C(OC2C(COS(=O)(=O)O)OC(OC3C(C(=O)[O-])OC(OC4C(COS(=O)(=O)O)OC(OC5C(C(=O)[O-])OC(OC6C(COS(=O)(=O)O)OC(O)C(NS(=O)(=O)[O-])C6O)C(OS(=O)(=O)O)C5O)C(NS(=O)(=O)O)C4O)C(OS(=O)(=O)O)C3O)C(NS(=O)(=O)O)C2O)O1. The van der Waals surface area contributed by atoms with Crippen LogP contribution in [0.25, 0.3) is 0 Å². The van der Waals surface area contributed by atoms with Crippen LogP contribution < -0.4 is 78.7 Å². The number of carbonyl (C=O) groups excluding carboxylic acids is 3. The molecule has 0 aromatic heterocycles. The number of aliphatic hydroxyl groups is 7. The summed E-state index contributed by atoms with van der Waals surface area (Å²) < 4.78 is 392. The molecule has 113 heavy (non-hydrogen) atoms.